The molecule has 1 fully saturated rings. The van der Waals surface area contributed by atoms with Gasteiger partial charge < -0.3 is 20.3 Å². The van der Waals surface area contributed by atoms with Gasteiger partial charge in [0.15, 0.2) is 0 Å². The molecule has 3 heterocycles. The summed E-state index contributed by atoms with van der Waals surface area (Å²) in [6.07, 6.45) is 4.88. The summed E-state index contributed by atoms with van der Waals surface area (Å²) in [5.74, 6) is 0.772. The summed E-state index contributed by atoms with van der Waals surface area (Å²) < 4.78 is 5.42. The number of pyridine rings is 1. The minimum Gasteiger partial charge on any atom is -0.478 e. The van der Waals surface area contributed by atoms with Crippen molar-refractivity contribution in [2.24, 2.45) is 5.73 Å². The molecule has 0 spiro atoms. The second-order valence-electron chi connectivity index (χ2n) is 5.36. The summed E-state index contributed by atoms with van der Waals surface area (Å²) in [6, 6.07) is 3.57. The number of nitrogens with zero attached hydrogens (tertiary/aromatic N) is 5. The number of hydrogen-bond donors (Lipinski definition) is 1. The molecule has 8 heteroatoms. The van der Waals surface area contributed by atoms with Crippen LogP contribution in [0.2, 0.25) is 0 Å². The first-order chi connectivity index (χ1) is 11.7. The summed E-state index contributed by atoms with van der Waals surface area (Å²) in [4.78, 5) is 28.5. The van der Waals surface area contributed by atoms with Crippen LogP contribution >= 0.6 is 0 Å². The summed E-state index contributed by atoms with van der Waals surface area (Å²) in [5.41, 5.74) is 6.70. The molecule has 0 bridgehead atoms. The number of carbonyl (C=O) groups is 1. The fourth-order valence-corrected chi connectivity index (χ4v) is 2.71. The molecule has 24 heavy (non-hydrogen) atoms. The Hall–Kier alpha value is -2.90. The van der Waals surface area contributed by atoms with E-state index < -0.39 is 5.91 Å². The maximum atomic E-state index is 11.6. The Bertz CT molecular complexity index is 715. The molecule has 1 amide bonds. The molecule has 2 aromatic heterocycles. The van der Waals surface area contributed by atoms with Crippen LogP contribution < -0.4 is 20.3 Å². The van der Waals surface area contributed by atoms with E-state index in [9.17, 15) is 4.79 Å². The van der Waals surface area contributed by atoms with Crippen molar-refractivity contribution in [3.8, 4) is 5.88 Å². The number of rotatable bonds is 5. The van der Waals surface area contributed by atoms with E-state index >= 15 is 0 Å². The standard InChI is InChI=1S/C16H20N6O2/c1-2-24-14-4-6-19-16(20-14)22-9-7-21(8-10-22)13-3-5-18-11-12(13)15(17)23/h3-6,11H,2,7-10H2,1H3,(H2,17,23). The second kappa shape index (κ2) is 7.12. The molecule has 0 saturated carbocycles. The van der Waals surface area contributed by atoms with E-state index in [0.717, 1.165) is 31.9 Å². The van der Waals surface area contributed by atoms with Crippen LogP contribution in [0.25, 0.3) is 0 Å². The lowest BCUT2D eigenvalue weighted by Gasteiger charge is -2.36. The van der Waals surface area contributed by atoms with Crippen LogP contribution in [0.3, 0.4) is 0 Å². The van der Waals surface area contributed by atoms with Crippen LogP contribution in [0.5, 0.6) is 5.88 Å². The van der Waals surface area contributed by atoms with Gasteiger partial charge >= 0.3 is 0 Å². The zero-order valence-corrected chi connectivity index (χ0v) is 13.6. The van der Waals surface area contributed by atoms with Crippen LogP contribution in [0, 0.1) is 0 Å². The van der Waals surface area contributed by atoms with E-state index in [2.05, 4.69) is 24.8 Å². The zero-order chi connectivity index (χ0) is 16.9. The van der Waals surface area contributed by atoms with Crippen molar-refractivity contribution in [1.82, 2.24) is 15.0 Å². The number of amides is 1. The topological polar surface area (TPSA) is 97.5 Å². The molecule has 0 atom stereocenters. The molecule has 126 valence electrons. The molecule has 2 aromatic rings. The van der Waals surface area contributed by atoms with Gasteiger partial charge in [-0.05, 0) is 13.0 Å². The lowest BCUT2D eigenvalue weighted by atomic mass is 10.2. The fourth-order valence-electron chi connectivity index (χ4n) is 2.71. The number of primary amides is 1. The normalized spacial score (nSPS) is 14.5. The highest BCUT2D eigenvalue weighted by atomic mass is 16.5. The quantitative estimate of drug-likeness (QED) is 0.862. The van der Waals surface area contributed by atoms with Crippen molar-refractivity contribution >= 4 is 17.5 Å². The first-order valence-corrected chi connectivity index (χ1v) is 7.88. The molecule has 8 nitrogen and oxygen atoms in total. The Balaban J connectivity index is 1.70. The van der Waals surface area contributed by atoms with Gasteiger partial charge in [-0.1, -0.05) is 0 Å². The number of ether oxygens (including phenoxy) is 1. The number of anilines is 2. The highest BCUT2D eigenvalue weighted by Crippen LogP contribution is 2.22. The maximum Gasteiger partial charge on any atom is 0.252 e. The van der Waals surface area contributed by atoms with Crippen molar-refractivity contribution in [1.29, 1.82) is 0 Å². The minimum atomic E-state index is -0.465. The zero-order valence-electron chi connectivity index (χ0n) is 13.6. The molecule has 0 aromatic carbocycles. The highest BCUT2D eigenvalue weighted by molar-refractivity contribution is 5.98. The van der Waals surface area contributed by atoms with Gasteiger partial charge in [-0.15, -0.1) is 0 Å². The summed E-state index contributed by atoms with van der Waals surface area (Å²) in [7, 11) is 0. The van der Waals surface area contributed by atoms with Gasteiger partial charge in [-0.25, -0.2) is 4.98 Å². The van der Waals surface area contributed by atoms with Crippen LogP contribution in [0.15, 0.2) is 30.7 Å². The van der Waals surface area contributed by atoms with Gasteiger partial charge in [-0.2, -0.15) is 4.98 Å². The van der Waals surface area contributed by atoms with Gasteiger partial charge in [0.05, 0.1) is 17.9 Å². The monoisotopic (exact) mass is 328 g/mol. The fraction of sp³-hybridized carbons (Fsp3) is 0.375. The lowest BCUT2D eigenvalue weighted by Crippen LogP contribution is -2.47. The van der Waals surface area contributed by atoms with Crippen molar-refractivity contribution in [2.75, 3.05) is 42.6 Å². The molecule has 3 rings (SSSR count). The van der Waals surface area contributed by atoms with Crippen LogP contribution in [-0.2, 0) is 0 Å². The Kier molecular flexibility index (Phi) is 4.74. The number of hydrogen-bond acceptors (Lipinski definition) is 7. The Labute approximate surface area is 140 Å². The molecule has 1 aliphatic rings. The molecule has 1 saturated heterocycles. The van der Waals surface area contributed by atoms with Crippen LogP contribution in [-0.4, -0.2) is 53.6 Å². The minimum absolute atomic E-state index is 0.445. The third-order valence-corrected chi connectivity index (χ3v) is 3.88. The summed E-state index contributed by atoms with van der Waals surface area (Å²) in [6.45, 7) is 5.47. The molecule has 0 unspecified atom stereocenters. The average Bonchev–Trinajstić information content (AvgIpc) is 2.62. The van der Waals surface area contributed by atoms with Gasteiger partial charge in [0, 0.05) is 50.8 Å². The lowest BCUT2D eigenvalue weighted by molar-refractivity contribution is 0.100. The maximum absolute atomic E-state index is 11.6. The van der Waals surface area contributed by atoms with Crippen molar-refractivity contribution in [3.05, 3.63) is 36.3 Å². The third kappa shape index (κ3) is 3.37. The van der Waals surface area contributed by atoms with E-state index in [4.69, 9.17) is 10.5 Å². The summed E-state index contributed by atoms with van der Waals surface area (Å²) >= 11 is 0. The van der Waals surface area contributed by atoms with E-state index in [0.29, 0.717) is 24.0 Å². The first kappa shape index (κ1) is 16.0. The molecule has 2 N–H and O–H groups in total. The highest BCUT2D eigenvalue weighted by Gasteiger charge is 2.22. The number of nitrogens with two attached hydrogens (primary N) is 1. The average molecular weight is 328 g/mol. The number of piperazine rings is 1. The Morgan fingerprint density at radius 1 is 1.21 bits per heavy atom. The molecule has 0 aliphatic carbocycles. The van der Waals surface area contributed by atoms with E-state index in [1.165, 1.54) is 6.20 Å². The van der Waals surface area contributed by atoms with Crippen LogP contribution in [0.4, 0.5) is 11.6 Å². The number of aromatic nitrogens is 3. The van der Waals surface area contributed by atoms with Gasteiger partial charge in [0.25, 0.3) is 5.91 Å². The van der Waals surface area contributed by atoms with Crippen LogP contribution in [0.1, 0.15) is 17.3 Å². The Morgan fingerprint density at radius 2 is 1.96 bits per heavy atom. The summed E-state index contributed by atoms with van der Waals surface area (Å²) in [5, 5.41) is 0. The predicted octanol–water partition coefficient (Wildman–Crippen LogP) is 0.696. The van der Waals surface area contributed by atoms with Crippen molar-refractivity contribution in [3.63, 3.8) is 0 Å². The molecular weight excluding hydrogens is 308 g/mol. The predicted molar refractivity (Wildman–Crippen MR) is 90.4 cm³/mol. The van der Waals surface area contributed by atoms with Crippen molar-refractivity contribution in [2.45, 2.75) is 6.92 Å². The second-order valence-corrected chi connectivity index (χ2v) is 5.36. The SMILES string of the molecule is CCOc1ccnc(N2CCN(c3ccncc3C(N)=O)CC2)n1. The first-order valence-electron chi connectivity index (χ1n) is 7.88. The van der Waals surface area contributed by atoms with Gasteiger partial charge in [-0.3, -0.25) is 9.78 Å². The smallest absolute Gasteiger partial charge is 0.252 e. The number of carbonyl (C=O) groups excluding carboxylic acids is 1. The van der Waals surface area contributed by atoms with E-state index in [-0.39, 0.29) is 0 Å². The third-order valence-electron chi connectivity index (χ3n) is 3.88. The molecular formula is C16H20N6O2. The molecule has 1 aliphatic heterocycles. The van der Waals surface area contributed by atoms with Gasteiger partial charge in [0.1, 0.15) is 0 Å². The van der Waals surface area contributed by atoms with E-state index in [1.807, 2.05) is 13.0 Å². The molecule has 0 radical (unpaired) electrons. The van der Waals surface area contributed by atoms with E-state index in [1.54, 1.807) is 18.5 Å². The van der Waals surface area contributed by atoms with Crippen molar-refractivity contribution < 1.29 is 9.53 Å². The largest absolute Gasteiger partial charge is 0.478 e. The Morgan fingerprint density at radius 3 is 2.67 bits per heavy atom. The van der Waals surface area contributed by atoms with Gasteiger partial charge in [0.2, 0.25) is 11.8 Å².